The number of aliphatic hydroxyl groups is 1. The third kappa shape index (κ3) is 21.8. The number of ether oxygens (including phenoxy) is 4. The van der Waals surface area contributed by atoms with Gasteiger partial charge in [0.2, 0.25) is 17.7 Å². The first-order chi connectivity index (χ1) is 36.9. The molecule has 4 rings (SSSR count). The van der Waals surface area contributed by atoms with Crippen molar-refractivity contribution < 1.29 is 43.2 Å². The van der Waals surface area contributed by atoms with E-state index in [-0.39, 0.29) is 30.3 Å². The normalized spacial score (nSPS) is 16.4. The fraction of sp³-hybridized carbons (Fsp3) is 0.656. The van der Waals surface area contributed by atoms with Crippen molar-refractivity contribution in [3.05, 3.63) is 95.6 Å². The average molecular weight is 1050 g/mol. The van der Waals surface area contributed by atoms with Crippen LogP contribution in [0.5, 0.6) is 11.5 Å². The SMILES string of the molecule is COC(=O)CCCCCCCCCCCNC(=O)CCCCCCCCCCCNC(=O)CCCCCCCCC(=O)N1CC(C)(CO)C(C)(COC(c2ccccc2)(c2ccc(OC)cc2)c2ccc(OC)cc2)C1. The second-order valence-electron chi connectivity index (χ2n) is 22.1. The molecule has 0 bridgehead atoms. The number of carbonyl (C=O) groups excluding carboxylic acids is 4. The van der Waals surface area contributed by atoms with Crippen molar-refractivity contribution in [2.45, 2.75) is 199 Å². The Kier molecular flexibility index (Phi) is 30.3. The molecule has 1 fully saturated rings. The van der Waals surface area contributed by atoms with E-state index in [1.54, 1.807) is 14.2 Å². The lowest BCUT2D eigenvalue weighted by molar-refractivity contribution is -0.140. The van der Waals surface area contributed by atoms with Crippen molar-refractivity contribution >= 4 is 23.7 Å². The lowest BCUT2D eigenvalue weighted by Crippen LogP contribution is -2.46. The number of amides is 3. The summed E-state index contributed by atoms with van der Waals surface area (Å²) in [5, 5.41) is 17.1. The molecular formula is C64H99N3O9. The van der Waals surface area contributed by atoms with Crippen molar-refractivity contribution in [2.24, 2.45) is 10.8 Å². The number of esters is 1. The molecule has 0 radical (unpaired) electrons. The van der Waals surface area contributed by atoms with Gasteiger partial charge in [0.05, 0.1) is 34.5 Å². The number of likely N-dealkylation sites (tertiary alicyclic amines) is 1. The minimum atomic E-state index is -1.01. The number of hydrogen-bond acceptors (Lipinski definition) is 9. The number of rotatable bonds is 42. The van der Waals surface area contributed by atoms with E-state index in [9.17, 15) is 24.3 Å². The van der Waals surface area contributed by atoms with Crippen LogP contribution in [0.3, 0.4) is 0 Å². The summed E-state index contributed by atoms with van der Waals surface area (Å²) in [6.07, 6.45) is 28.7. The molecule has 0 spiro atoms. The van der Waals surface area contributed by atoms with Gasteiger partial charge in [0.15, 0.2) is 0 Å². The van der Waals surface area contributed by atoms with Crippen LogP contribution in [0, 0.1) is 10.8 Å². The Morgan fingerprint density at radius 2 is 0.855 bits per heavy atom. The maximum Gasteiger partial charge on any atom is 0.305 e. The van der Waals surface area contributed by atoms with Gasteiger partial charge < -0.3 is 39.6 Å². The van der Waals surface area contributed by atoms with Crippen LogP contribution in [0.1, 0.15) is 210 Å². The molecule has 3 aromatic rings. The second kappa shape index (κ2) is 36.2. The second-order valence-corrected chi connectivity index (χ2v) is 22.1. The van der Waals surface area contributed by atoms with Crippen molar-refractivity contribution in [2.75, 3.05) is 60.7 Å². The standard InChI is InChI=1S/C64H99N3O9/c1-62(51-68)49-67(50-63(62,2)52-76-64(53-33-25-24-26-34-53,54-39-43-56(73-3)44-40-54)55-41-45-57(74-4)46-42-55)60(71)37-29-20-15-14-19-28-36-59(70)66-48-31-22-16-10-6-8-12-18-27-35-58(69)65-47-32-23-17-11-7-9-13-21-30-38-61(72)75-5/h24-26,33-34,39-46,68H,6-23,27-32,35-38,47-52H2,1-5H3,(H,65,69)(H,66,70). The van der Waals surface area contributed by atoms with Gasteiger partial charge in [0.1, 0.15) is 17.1 Å². The zero-order valence-corrected chi connectivity index (χ0v) is 47.7. The number of aliphatic hydroxyl groups excluding tert-OH is 1. The summed E-state index contributed by atoms with van der Waals surface area (Å²) in [7, 11) is 4.76. The van der Waals surface area contributed by atoms with Crippen LogP contribution in [-0.2, 0) is 34.3 Å². The zero-order valence-electron chi connectivity index (χ0n) is 47.7. The van der Waals surface area contributed by atoms with Crippen molar-refractivity contribution in [3.8, 4) is 11.5 Å². The molecule has 1 aliphatic heterocycles. The van der Waals surface area contributed by atoms with Gasteiger partial charge in [-0.25, -0.2) is 0 Å². The molecule has 2 unspecified atom stereocenters. The zero-order chi connectivity index (χ0) is 54.8. The molecule has 2 atom stereocenters. The van der Waals surface area contributed by atoms with Crippen LogP contribution in [0.15, 0.2) is 78.9 Å². The number of carbonyl (C=O) groups is 4. The number of nitrogens with one attached hydrogen (secondary N) is 2. The molecule has 1 saturated heterocycles. The maximum absolute atomic E-state index is 13.8. The fourth-order valence-electron chi connectivity index (χ4n) is 10.7. The van der Waals surface area contributed by atoms with Crippen LogP contribution < -0.4 is 20.1 Å². The Bertz CT molecular complexity index is 2020. The Balaban J connectivity index is 1.01. The van der Waals surface area contributed by atoms with Gasteiger partial charge in [-0.1, -0.05) is 184 Å². The van der Waals surface area contributed by atoms with E-state index in [1.807, 2.05) is 71.6 Å². The van der Waals surface area contributed by atoms with Crippen LogP contribution in [0.25, 0.3) is 0 Å². The Labute approximate surface area is 458 Å². The third-order valence-corrected chi connectivity index (χ3v) is 16.1. The molecule has 0 aromatic heterocycles. The monoisotopic (exact) mass is 1050 g/mol. The van der Waals surface area contributed by atoms with E-state index in [2.05, 4.69) is 41.4 Å². The van der Waals surface area contributed by atoms with Crippen molar-refractivity contribution in [1.29, 1.82) is 0 Å². The van der Waals surface area contributed by atoms with Crippen LogP contribution in [0.4, 0.5) is 0 Å². The summed E-state index contributed by atoms with van der Waals surface area (Å²) in [6.45, 7) is 6.92. The highest BCUT2D eigenvalue weighted by atomic mass is 16.5. The Morgan fingerprint density at radius 3 is 1.26 bits per heavy atom. The summed E-state index contributed by atoms with van der Waals surface area (Å²) < 4.78 is 23.1. The summed E-state index contributed by atoms with van der Waals surface area (Å²) in [5.41, 5.74) is 0.690. The molecule has 3 amide bonds. The summed E-state index contributed by atoms with van der Waals surface area (Å²) >= 11 is 0. The van der Waals surface area contributed by atoms with Gasteiger partial charge in [-0.05, 0) is 79.5 Å². The first kappa shape index (κ1) is 63.6. The number of unbranched alkanes of at least 4 members (excludes halogenated alkanes) is 21. The number of methoxy groups -OCH3 is 3. The van der Waals surface area contributed by atoms with Gasteiger partial charge in [-0.3, -0.25) is 19.2 Å². The Morgan fingerprint density at radius 1 is 0.487 bits per heavy atom. The first-order valence-corrected chi connectivity index (χ1v) is 29.4. The molecule has 1 heterocycles. The molecule has 76 heavy (non-hydrogen) atoms. The number of nitrogens with zero attached hydrogens (tertiary/aromatic N) is 1. The van der Waals surface area contributed by atoms with Gasteiger partial charge in [-0.15, -0.1) is 0 Å². The van der Waals surface area contributed by atoms with E-state index >= 15 is 0 Å². The van der Waals surface area contributed by atoms with Crippen LogP contribution in [0.2, 0.25) is 0 Å². The largest absolute Gasteiger partial charge is 0.497 e. The molecule has 1 aliphatic rings. The molecule has 3 N–H and O–H groups in total. The summed E-state index contributed by atoms with van der Waals surface area (Å²) in [6, 6.07) is 26.2. The van der Waals surface area contributed by atoms with E-state index in [1.165, 1.54) is 77.7 Å². The van der Waals surface area contributed by atoms with E-state index in [0.717, 1.165) is 125 Å². The van der Waals surface area contributed by atoms with Gasteiger partial charge in [0.25, 0.3) is 0 Å². The van der Waals surface area contributed by atoms with E-state index in [4.69, 9.17) is 14.2 Å². The lowest BCUT2D eigenvalue weighted by atomic mass is 9.68. The lowest BCUT2D eigenvalue weighted by Gasteiger charge is -2.43. The predicted octanol–water partition coefficient (Wildman–Crippen LogP) is 13.2. The quantitative estimate of drug-likeness (QED) is 0.0286. The van der Waals surface area contributed by atoms with E-state index < -0.39 is 16.4 Å². The first-order valence-electron chi connectivity index (χ1n) is 29.4. The summed E-state index contributed by atoms with van der Waals surface area (Å²) in [4.78, 5) is 51.5. The van der Waals surface area contributed by atoms with Crippen molar-refractivity contribution in [1.82, 2.24) is 15.5 Å². The highest BCUT2D eigenvalue weighted by molar-refractivity contribution is 5.77. The van der Waals surface area contributed by atoms with E-state index in [0.29, 0.717) is 45.4 Å². The molecule has 0 aliphatic carbocycles. The third-order valence-electron chi connectivity index (χ3n) is 16.1. The molecule has 12 nitrogen and oxygen atoms in total. The predicted molar refractivity (Wildman–Crippen MR) is 305 cm³/mol. The average Bonchev–Trinajstić information content (AvgIpc) is 3.74. The molecule has 424 valence electrons. The Hall–Kier alpha value is -4.94. The van der Waals surface area contributed by atoms with Gasteiger partial charge in [0, 0.05) is 62.7 Å². The highest BCUT2D eigenvalue weighted by Crippen LogP contribution is 2.50. The highest BCUT2D eigenvalue weighted by Gasteiger charge is 2.54. The van der Waals surface area contributed by atoms with Crippen LogP contribution in [-0.4, -0.2) is 94.4 Å². The number of benzene rings is 3. The smallest absolute Gasteiger partial charge is 0.305 e. The molecule has 0 saturated carbocycles. The minimum Gasteiger partial charge on any atom is -0.497 e. The van der Waals surface area contributed by atoms with Crippen molar-refractivity contribution in [3.63, 3.8) is 0 Å². The van der Waals surface area contributed by atoms with Gasteiger partial charge in [-0.2, -0.15) is 0 Å². The fourth-order valence-corrected chi connectivity index (χ4v) is 10.7. The maximum atomic E-state index is 13.8. The van der Waals surface area contributed by atoms with Gasteiger partial charge >= 0.3 is 5.97 Å². The molecule has 12 heteroatoms. The molecule has 3 aromatic carbocycles. The summed E-state index contributed by atoms with van der Waals surface area (Å²) in [5.74, 6) is 1.84. The topological polar surface area (TPSA) is 153 Å². The molecular weight excluding hydrogens is 955 g/mol. The minimum absolute atomic E-state index is 0.0708. The van der Waals surface area contributed by atoms with Crippen LogP contribution >= 0.6 is 0 Å². The number of hydrogen-bond donors (Lipinski definition) is 3.